The maximum Gasteiger partial charge on any atom is 0.352 e. The first-order valence-corrected chi connectivity index (χ1v) is 7.51. The summed E-state index contributed by atoms with van der Waals surface area (Å²) >= 11 is 5.95. The van der Waals surface area contributed by atoms with Crippen molar-refractivity contribution < 1.29 is 19.4 Å². The summed E-state index contributed by atoms with van der Waals surface area (Å²) in [4.78, 5) is 36.1. The molecule has 0 aliphatic rings. The SMILES string of the molecule is COC[C@H](O)Cn1c(=O)cnn(-c2ccc(Cl)c(C(=O)OC)c2)c1=O. The number of aliphatic hydroxyl groups excluding tert-OH is 1. The lowest BCUT2D eigenvalue weighted by molar-refractivity contribution is 0.0519. The van der Waals surface area contributed by atoms with Crippen LogP contribution in [0.1, 0.15) is 10.4 Å². The maximum absolute atomic E-state index is 12.5. The molecular weight excluding hydrogens is 354 g/mol. The molecule has 1 atom stereocenters. The molecule has 0 radical (unpaired) electrons. The maximum atomic E-state index is 12.5. The Labute approximate surface area is 147 Å². The number of carbonyl (C=O) groups is 1. The molecule has 0 bridgehead atoms. The van der Waals surface area contributed by atoms with Crippen LogP contribution in [0.2, 0.25) is 5.02 Å². The molecule has 0 unspecified atom stereocenters. The van der Waals surface area contributed by atoms with E-state index in [0.717, 1.165) is 15.4 Å². The average molecular weight is 370 g/mol. The Morgan fingerprint density at radius 2 is 2.08 bits per heavy atom. The van der Waals surface area contributed by atoms with E-state index in [0.29, 0.717) is 0 Å². The van der Waals surface area contributed by atoms with Gasteiger partial charge in [0, 0.05) is 7.11 Å². The number of methoxy groups -OCH3 is 2. The number of halogens is 1. The van der Waals surface area contributed by atoms with Crippen molar-refractivity contribution in [2.75, 3.05) is 20.8 Å². The molecule has 2 aromatic rings. The monoisotopic (exact) mass is 369 g/mol. The van der Waals surface area contributed by atoms with Gasteiger partial charge in [0.2, 0.25) is 0 Å². The molecule has 9 nitrogen and oxygen atoms in total. The van der Waals surface area contributed by atoms with E-state index in [1.54, 1.807) is 0 Å². The molecule has 0 aliphatic carbocycles. The van der Waals surface area contributed by atoms with Crippen molar-refractivity contribution in [1.82, 2.24) is 14.3 Å². The lowest BCUT2D eigenvalue weighted by Crippen LogP contribution is -2.43. The number of nitrogens with zero attached hydrogens (tertiary/aromatic N) is 3. The molecule has 0 aliphatic heterocycles. The van der Waals surface area contributed by atoms with E-state index in [1.165, 1.54) is 32.4 Å². The minimum absolute atomic E-state index is 0.0400. The summed E-state index contributed by atoms with van der Waals surface area (Å²) in [5.41, 5.74) is -1.18. The first kappa shape index (κ1) is 18.8. The Kier molecular flexibility index (Phi) is 6.07. The molecule has 134 valence electrons. The normalized spacial score (nSPS) is 12.0. The standard InChI is InChI=1S/C15H16ClN3O6/c1-24-8-10(20)7-18-13(21)6-17-19(15(18)23)9-3-4-12(16)11(5-9)14(22)25-2/h3-6,10,20H,7-8H2,1-2H3/t10-/m1/s1. The van der Waals surface area contributed by atoms with E-state index in [-0.39, 0.29) is 29.4 Å². The van der Waals surface area contributed by atoms with Crippen LogP contribution in [0.15, 0.2) is 34.0 Å². The number of carbonyl (C=O) groups excluding carboxylic acids is 1. The molecule has 1 aromatic heterocycles. The van der Waals surface area contributed by atoms with Crippen LogP contribution in [-0.4, -0.2) is 52.4 Å². The fraction of sp³-hybridized carbons (Fsp3) is 0.333. The molecular formula is C15H16ClN3O6. The fourth-order valence-corrected chi connectivity index (χ4v) is 2.34. The van der Waals surface area contributed by atoms with Crippen LogP contribution in [0.3, 0.4) is 0 Å². The van der Waals surface area contributed by atoms with Crippen LogP contribution in [0, 0.1) is 0 Å². The highest BCUT2D eigenvalue weighted by atomic mass is 35.5. The number of hydrogen-bond donors (Lipinski definition) is 1. The van der Waals surface area contributed by atoms with Gasteiger partial charge in [-0.3, -0.25) is 9.36 Å². The number of ether oxygens (including phenoxy) is 2. The molecule has 1 N–H and O–H groups in total. The highest BCUT2D eigenvalue weighted by Gasteiger charge is 2.16. The van der Waals surface area contributed by atoms with Gasteiger partial charge in [0.25, 0.3) is 5.56 Å². The molecule has 2 rings (SSSR count). The summed E-state index contributed by atoms with van der Waals surface area (Å²) in [6.07, 6.45) is -0.102. The van der Waals surface area contributed by atoms with Crippen molar-refractivity contribution in [3.63, 3.8) is 0 Å². The topological polar surface area (TPSA) is 113 Å². The van der Waals surface area contributed by atoms with E-state index in [2.05, 4.69) is 9.84 Å². The van der Waals surface area contributed by atoms with Gasteiger partial charge in [-0.15, -0.1) is 0 Å². The van der Waals surface area contributed by atoms with E-state index in [1.807, 2.05) is 0 Å². The Morgan fingerprint density at radius 3 is 2.72 bits per heavy atom. The number of esters is 1. The Morgan fingerprint density at radius 1 is 1.36 bits per heavy atom. The predicted octanol–water partition coefficient (Wildman–Crippen LogP) is -0.159. The lowest BCUT2D eigenvalue weighted by Gasteiger charge is -2.13. The first-order valence-electron chi connectivity index (χ1n) is 7.13. The zero-order valence-electron chi connectivity index (χ0n) is 13.5. The summed E-state index contributed by atoms with van der Waals surface area (Å²) < 4.78 is 11.2. The van der Waals surface area contributed by atoms with Gasteiger partial charge in [-0.05, 0) is 18.2 Å². The molecule has 0 fully saturated rings. The fourth-order valence-electron chi connectivity index (χ4n) is 2.15. The average Bonchev–Trinajstić information content (AvgIpc) is 2.59. The highest BCUT2D eigenvalue weighted by molar-refractivity contribution is 6.33. The zero-order chi connectivity index (χ0) is 18.6. The van der Waals surface area contributed by atoms with Crippen LogP contribution in [-0.2, 0) is 16.0 Å². The molecule has 0 amide bonds. The summed E-state index contributed by atoms with van der Waals surface area (Å²) in [5, 5.41) is 13.7. The van der Waals surface area contributed by atoms with Crippen molar-refractivity contribution in [3.05, 3.63) is 55.8 Å². The third kappa shape index (κ3) is 4.13. The van der Waals surface area contributed by atoms with E-state index >= 15 is 0 Å². The molecule has 0 spiro atoms. The van der Waals surface area contributed by atoms with E-state index in [9.17, 15) is 19.5 Å². The molecule has 1 aromatic carbocycles. The predicted molar refractivity (Wildman–Crippen MR) is 88.3 cm³/mol. The summed E-state index contributed by atoms with van der Waals surface area (Å²) in [6.45, 7) is -0.299. The lowest BCUT2D eigenvalue weighted by atomic mass is 10.2. The number of hydrogen-bond acceptors (Lipinski definition) is 7. The van der Waals surface area contributed by atoms with Gasteiger partial charge in [-0.2, -0.15) is 9.78 Å². The minimum Gasteiger partial charge on any atom is -0.465 e. The van der Waals surface area contributed by atoms with Crippen molar-refractivity contribution >= 4 is 17.6 Å². The number of aliphatic hydroxyl groups is 1. The van der Waals surface area contributed by atoms with Gasteiger partial charge in [0.05, 0.1) is 42.6 Å². The van der Waals surface area contributed by atoms with Gasteiger partial charge >= 0.3 is 11.7 Å². The van der Waals surface area contributed by atoms with Gasteiger partial charge < -0.3 is 14.6 Å². The van der Waals surface area contributed by atoms with Crippen LogP contribution in [0.25, 0.3) is 5.69 Å². The Balaban J connectivity index is 2.52. The summed E-state index contributed by atoms with van der Waals surface area (Å²) in [5.74, 6) is -0.677. The van der Waals surface area contributed by atoms with Crippen molar-refractivity contribution in [2.45, 2.75) is 12.6 Å². The van der Waals surface area contributed by atoms with Crippen molar-refractivity contribution in [3.8, 4) is 5.69 Å². The number of aromatic nitrogens is 3. The van der Waals surface area contributed by atoms with E-state index < -0.39 is 23.3 Å². The molecule has 0 saturated heterocycles. The Hall–Kier alpha value is -2.49. The summed E-state index contributed by atoms with van der Waals surface area (Å²) in [7, 11) is 2.59. The van der Waals surface area contributed by atoms with Crippen LogP contribution in [0.5, 0.6) is 0 Å². The second-order valence-electron chi connectivity index (χ2n) is 5.05. The molecule has 1 heterocycles. The second kappa shape index (κ2) is 8.06. The molecule has 25 heavy (non-hydrogen) atoms. The van der Waals surface area contributed by atoms with Crippen molar-refractivity contribution in [1.29, 1.82) is 0 Å². The number of rotatable bonds is 6. The molecule has 10 heteroatoms. The van der Waals surface area contributed by atoms with Crippen LogP contribution >= 0.6 is 11.6 Å². The second-order valence-corrected chi connectivity index (χ2v) is 5.46. The van der Waals surface area contributed by atoms with Gasteiger partial charge in [-0.1, -0.05) is 11.6 Å². The molecule has 0 saturated carbocycles. The van der Waals surface area contributed by atoms with E-state index in [4.69, 9.17) is 16.3 Å². The van der Waals surface area contributed by atoms with Crippen LogP contribution < -0.4 is 11.2 Å². The van der Waals surface area contributed by atoms with Crippen molar-refractivity contribution in [2.24, 2.45) is 0 Å². The zero-order valence-corrected chi connectivity index (χ0v) is 14.3. The first-order chi connectivity index (χ1) is 11.9. The quantitative estimate of drug-likeness (QED) is 0.704. The third-order valence-electron chi connectivity index (χ3n) is 3.31. The Bertz CT molecular complexity index is 892. The largest absolute Gasteiger partial charge is 0.465 e. The smallest absolute Gasteiger partial charge is 0.352 e. The highest BCUT2D eigenvalue weighted by Crippen LogP contribution is 2.19. The third-order valence-corrected chi connectivity index (χ3v) is 3.64. The van der Waals surface area contributed by atoms with Gasteiger partial charge in [0.1, 0.15) is 6.20 Å². The van der Waals surface area contributed by atoms with Gasteiger partial charge in [0.15, 0.2) is 0 Å². The van der Waals surface area contributed by atoms with Crippen LogP contribution in [0.4, 0.5) is 0 Å². The minimum atomic E-state index is -1.04. The summed E-state index contributed by atoms with van der Waals surface area (Å²) in [6, 6.07) is 4.19. The van der Waals surface area contributed by atoms with Gasteiger partial charge in [-0.25, -0.2) is 9.59 Å². The number of benzene rings is 1.